The fraction of sp³-hybridized carbons (Fsp3) is 0.583. The molecule has 0 aliphatic heterocycles. The maximum atomic E-state index is 12.0. The van der Waals surface area contributed by atoms with Crippen LogP contribution in [0.1, 0.15) is 42.0 Å². The number of H-pyrrole nitrogens is 1. The van der Waals surface area contributed by atoms with Crippen LogP contribution in [0.3, 0.4) is 0 Å². The summed E-state index contributed by atoms with van der Waals surface area (Å²) in [6.45, 7) is 7.13. The second kappa shape index (κ2) is 5.66. The lowest BCUT2D eigenvalue weighted by molar-refractivity contribution is -0.140. The van der Waals surface area contributed by atoms with E-state index in [2.05, 4.69) is 15.5 Å². The van der Waals surface area contributed by atoms with Crippen LogP contribution in [0, 0.1) is 19.8 Å². The van der Waals surface area contributed by atoms with Gasteiger partial charge in [-0.1, -0.05) is 20.3 Å². The average Bonchev–Trinajstić information content (AvgIpc) is 2.64. The highest BCUT2D eigenvalue weighted by molar-refractivity contribution is 5.98. The van der Waals surface area contributed by atoms with Gasteiger partial charge in [0.2, 0.25) is 0 Å². The highest BCUT2D eigenvalue weighted by Crippen LogP contribution is 2.12. The molecule has 1 aromatic rings. The number of rotatable bonds is 5. The molecule has 3 N–H and O–H groups in total. The molecule has 0 aromatic carbocycles. The molecule has 1 aromatic heterocycles. The van der Waals surface area contributed by atoms with Gasteiger partial charge in [-0.3, -0.25) is 9.89 Å². The van der Waals surface area contributed by atoms with Crippen molar-refractivity contribution in [2.24, 2.45) is 5.92 Å². The molecule has 0 aliphatic carbocycles. The Bertz CT molecular complexity index is 434. The molecule has 18 heavy (non-hydrogen) atoms. The first kappa shape index (κ1) is 14.2. The van der Waals surface area contributed by atoms with Gasteiger partial charge in [0.05, 0.1) is 11.3 Å². The van der Waals surface area contributed by atoms with Gasteiger partial charge in [0.1, 0.15) is 6.04 Å². The first-order valence-electron chi connectivity index (χ1n) is 5.93. The predicted octanol–water partition coefficient (Wildman–Crippen LogP) is 1.26. The number of nitrogens with zero attached hydrogens (tertiary/aromatic N) is 1. The molecule has 0 spiro atoms. The third-order valence-electron chi connectivity index (χ3n) is 3.12. The quantitative estimate of drug-likeness (QED) is 0.736. The summed E-state index contributed by atoms with van der Waals surface area (Å²) in [6.07, 6.45) is 0.681. The Hall–Kier alpha value is -1.85. The first-order valence-corrected chi connectivity index (χ1v) is 5.93. The van der Waals surface area contributed by atoms with E-state index >= 15 is 0 Å². The largest absolute Gasteiger partial charge is 0.480 e. The average molecular weight is 253 g/mol. The fourth-order valence-electron chi connectivity index (χ4n) is 1.78. The molecule has 100 valence electrons. The van der Waals surface area contributed by atoms with E-state index in [9.17, 15) is 9.59 Å². The van der Waals surface area contributed by atoms with Gasteiger partial charge in [0.15, 0.2) is 0 Å². The Labute approximate surface area is 106 Å². The van der Waals surface area contributed by atoms with E-state index in [1.807, 2.05) is 6.92 Å². The van der Waals surface area contributed by atoms with Crippen molar-refractivity contribution in [3.63, 3.8) is 0 Å². The molecule has 0 fully saturated rings. The second-order valence-corrected chi connectivity index (χ2v) is 4.48. The monoisotopic (exact) mass is 253 g/mol. The Balaban J connectivity index is 2.89. The third-order valence-corrected chi connectivity index (χ3v) is 3.12. The lowest BCUT2D eigenvalue weighted by atomic mass is 9.99. The topological polar surface area (TPSA) is 95.1 Å². The Morgan fingerprint density at radius 1 is 1.44 bits per heavy atom. The number of carboxylic acids is 1. The summed E-state index contributed by atoms with van der Waals surface area (Å²) in [6, 6.07) is -0.879. The normalized spacial score (nSPS) is 14.0. The lowest BCUT2D eigenvalue weighted by Gasteiger charge is -2.20. The SMILES string of the molecule is CC[C@H](C)[C@H](NC(=O)c1c(C)n[nH]c1C)C(=O)O. The van der Waals surface area contributed by atoms with Gasteiger partial charge >= 0.3 is 5.97 Å². The van der Waals surface area contributed by atoms with Crippen LogP contribution in [-0.4, -0.2) is 33.2 Å². The predicted molar refractivity (Wildman–Crippen MR) is 66.4 cm³/mol. The standard InChI is InChI=1S/C12H19N3O3/c1-5-6(2)10(12(17)18)13-11(16)9-7(3)14-15-8(9)4/h6,10H,5H2,1-4H3,(H,13,16)(H,14,15)(H,17,18)/t6-,10-/m0/s1. The van der Waals surface area contributed by atoms with Gasteiger partial charge in [-0.05, 0) is 19.8 Å². The van der Waals surface area contributed by atoms with Crippen molar-refractivity contribution in [1.29, 1.82) is 0 Å². The lowest BCUT2D eigenvalue weighted by Crippen LogP contribution is -2.45. The summed E-state index contributed by atoms with van der Waals surface area (Å²) in [5, 5.41) is 18.3. The highest BCUT2D eigenvalue weighted by Gasteiger charge is 2.27. The minimum atomic E-state index is -1.02. The molecule has 1 heterocycles. The van der Waals surface area contributed by atoms with Gasteiger partial charge in [-0.25, -0.2) is 4.79 Å². The molecular weight excluding hydrogens is 234 g/mol. The number of aromatic nitrogens is 2. The van der Waals surface area contributed by atoms with Gasteiger partial charge in [0.25, 0.3) is 5.91 Å². The minimum Gasteiger partial charge on any atom is -0.480 e. The number of carbonyl (C=O) groups excluding carboxylic acids is 1. The van der Waals surface area contributed by atoms with Crippen LogP contribution >= 0.6 is 0 Å². The molecule has 0 bridgehead atoms. The van der Waals surface area contributed by atoms with Crippen molar-refractivity contribution < 1.29 is 14.7 Å². The minimum absolute atomic E-state index is 0.126. The van der Waals surface area contributed by atoms with Crippen LogP contribution < -0.4 is 5.32 Å². The number of carbonyl (C=O) groups is 2. The Kier molecular flexibility index (Phi) is 4.47. The van der Waals surface area contributed by atoms with Crippen molar-refractivity contribution in [2.75, 3.05) is 0 Å². The maximum Gasteiger partial charge on any atom is 0.326 e. The van der Waals surface area contributed by atoms with Crippen molar-refractivity contribution in [2.45, 2.75) is 40.2 Å². The number of hydrogen-bond donors (Lipinski definition) is 3. The van der Waals surface area contributed by atoms with Crippen LogP contribution in [0.15, 0.2) is 0 Å². The van der Waals surface area contributed by atoms with Gasteiger partial charge in [-0.2, -0.15) is 5.10 Å². The summed E-state index contributed by atoms with van der Waals surface area (Å²) < 4.78 is 0. The van der Waals surface area contributed by atoms with E-state index in [0.717, 1.165) is 0 Å². The van der Waals surface area contributed by atoms with Crippen LogP contribution in [0.5, 0.6) is 0 Å². The van der Waals surface area contributed by atoms with Crippen molar-refractivity contribution in [3.05, 3.63) is 17.0 Å². The van der Waals surface area contributed by atoms with Crippen LogP contribution in [0.2, 0.25) is 0 Å². The number of hydrogen-bond acceptors (Lipinski definition) is 3. The Morgan fingerprint density at radius 3 is 2.44 bits per heavy atom. The van der Waals surface area contributed by atoms with Crippen molar-refractivity contribution in [1.82, 2.24) is 15.5 Å². The zero-order valence-electron chi connectivity index (χ0n) is 11.1. The number of aromatic amines is 1. The van der Waals surface area contributed by atoms with Gasteiger partial charge in [-0.15, -0.1) is 0 Å². The number of amides is 1. The van der Waals surface area contributed by atoms with E-state index in [0.29, 0.717) is 23.4 Å². The Morgan fingerprint density at radius 2 is 2.06 bits per heavy atom. The molecule has 0 saturated heterocycles. The summed E-state index contributed by atoms with van der Waals surface area (Å²) in [7, 11) is 0. The van der Waals surface area contributed by atoms with E-state index in [1.54, 1.807) is 20.8 Å². The van der Waals surface area contributed by atoms with Crippen LogP contribution in [-0.2, 0) is 4.79 Å². The van der Waals surface area contributed by atoms with Gasteiger partial charge < -0.3 is 10.4 Å². The molecule has 1 rings (SSSR count). The number of aliphatic carboxylic acids is 1. The summed E-state index contributed by atoms with van der Waals surface area (Å²) in [5.41, 5.74) is 1.63. The molecule has 0 saturated carbocycles. The molecule has 0 unspecified atom stereocenters. The second-order valence-electron chi connectivity index (χ2n) is 4.48. The first-order chi connectivity index (χ1) is 8.38. The maximum absolute atomic E-state index is 12.0. The molecule has 1 amide bonds. The molecule has 6 heteroatoms. The molecule has 6 nitrogen and oxygen atoms in total. The fourth-order valence-corrected chi connectivity index (χ4v) is 1.78. The van der Waals surface area contributed by atoms with E-state index in [-0.39, 0.29) is 5.92 Å². The summed E-state index contributed by atoms with van der Waals surface area (Å²) in [4.78, 5) is 23.2. The number of nitrogens with one attached hydrogen (secondary N) is 2. The van der Waals surface area contributed by atoms with E-state index in [1.165, 1.54) is 0 Å². The smallest absolute Gasteiger partial charge is 0.326 e. The highest BCUT2D eigenvalue weighted by atomic mass is 16.4. The number of aryl methyl sites for hydroxylation is 2. The van der Waals surface area contributed by atoms with Crippen LogP contribution in [0.4, 0.5) is 0 Å². The molecule has 0 radical (unpaired) electrons. The van der Waals surface area contributed by atoms with Gasteiger partial charge in [0, 0.05) is 5.69 Å². The van der Waals surface area contributed by atoms with E-state index in [4.69, 9.17) is 5.11 Å². The molecule has 0 aliphatic rings. The molecular formula is C12H19N3O3. The number of carboxylic acid groups (broad SMARTS) is 1. The van der Waals surface area contributed by atoms with Crippen molar-refractivity contribution in [3.8, 4) is 0 Å². The molecule has 2 atom stereocenters. The summed E-state index contributed by atoms with van der Waals surface area (Å²) >= 11 is 0. The zero-order chi connectivity index (χ0) is 13.9. The van der Waals surface area contributed by atoms with E-state index < -0.39 is 17.9 Å². The third kappa shape index (κ3) is 2.88. The van der Waals surface area contributed by atoms with Crippen LogP contribution in [0.25, 0.3) is 0 Å². The zero-order valence-corrected chi connectivity index (χ0v) is 11.1. The summed E-state index contributed by atoms with van der Waals surface area (Å²) in [5.74, 6) is -1.54. The van der Waals surface area contributed by atoms with Crippen molar-refractivity contribution >= 4 is 11.9 Å².